The summed E-state index contributed by atoms with van der Waals surface area (Å²) in [6, 6.07) is 0. The minimum Gasteiger partial charge on any atom is -0.444 e. The van der Waals surface area contributed by atoms with E-state index >= 15 is 0 Å². The molecular formula is C21H40N4O3. The van der Waals surface area contributed by atoms with Gasteiger partial charge in [0.1, 0.15) is 5.60 Å². The van der Waals surface area contributed by atoms with Crippen LogP contribution in [0.4, 0.5) is 4.79 Å². The van der Waals surface area contributed by atoms with Gasteiger partial charge < -0.3 is 24.6 Å². The molecule has 0 aromatic carbocycles. The van der Waals surface area contributed by atoms with E-state index in [4.69, 9.17) is 9.47 Å². The first kappa shape index (κ1) is 22.8. The molecule has 0 bridgehead atoms. The van der Waals surface area contributed by atoms with E-state index in [1.807, 2.05) is 39.6 Å². The average molecular weight is 397 g/mol. The molecule has 2 saturated heterocycles. The van der Waals surface area contributed by atoms with Gasteiger partial charge >= 0.3 is 6.09 Å². The molecule has 2 aliphatic heterocycles. The molecule has 0 aliphatic carbocycles. The molecule has 162 valence electrons. The van der Waals surface area contributed by atoms with Crippen LogP contribution in [0.15, 0.2) is 4.99 Å². The summed E-state index contributed by atoms with van der Waals surface area (Å²) >= 11 is 0. The van der Waals surface area contributed by atoms with E-state index in [-0.39, 0.29) is 6.09 Å². The fraction of sp³-hybridized carbons (Fsp3) is 0.905. The van der Waals surface area contributed by atoms with Gasteiger partial charge in [0.15, 0.2) is 5.96 Å². The number of carbonyl (C=O) groups excluding carboxylic acids is 1. The predicted octanol–water partition coefficient (Wildman–Crippen LogP) is 2.96. The average Bonchev–Trinajstić information content (AvgIpc) is 3.11. The zero-order valence-electron chi connectivity index (χ0n) is 18.5. The third-order valence-corrected chi connectivity index (χ3v) is 5.36. The largest absolute Gasteiger partial charge is 0.444 e. The van der Waals surface area contributed by atoms with Crippen LogP contribution in [0, 0.1) is 11.8 Å². The Kier molecular flexibility index (Phi) is 8.86. The fourth-order valence-electron chi connectivity index (χ4n) is 3.96. The molecular weight excluding hydrogens is 356 g/mol. The highest BCUT2D eigenvalue weighted by Gasteiger charge is 2.28. The molecule has 2 unspecified atom stereocenters. The van der Waals surface area contributed by atoms with E-state index in [0.717, 1.165) is 71.2 Å². The summed E-state index contributed by atoms with van der Waals surface area (Å²) in [7, 11) is 1.85. The van der Waals surface area contributed by atoms with E-state index < -0.39 is 5.60 Å². The van der Waals surface area contributed by atoms with Gasteiger partial charge in [-0.2, -0.15) is 0 Å². The summed E-state index contributed by atoms with van der Waals surface area (Å²) in [5.74, 6) is 2.09. The summed E-state index contributed by atoms with van der Waals surface area (Å²) in [5, 5.41) is 3.52. The molecule has 2 aliphatic rings. The number of piperidine rings is 1. The first-order chi connectivity index (χ1) is 13.3. The maximum atomic E-state index is 12.3. The zero-order valence-corrected chi connectivity index (χ0v) is 18.5. The van der Waals surface area contributed by atoms with Gasteiger partial charge in [-0.25, -0.2) is 4.79 Å². The van der Waals surface area contributed by atoms with Crippen LogP contribution in [0.1, 0.15) is 53.4 Å². The minimum absolute atomic E-state index is 0.182. The number of aliphatic imine (C=N–C) groups is 1. The third kappa shape index (κ3) is 7.49. The van der Waals surface area contributed by atoms with Crippen molar-refractivity contribution in [2.24, 2.45) is 16.8 Å². The standard InChI is InChI=1S/C21H40N4O3/c1-6-27-16-18-10-13-24(15-18)19(22-5)23-11-9-17-8-7-12-25(14-17)20(26)28-21(2,3)4/h17-18H,6-16H2,1-5H3,(H,22,23). The fourth-order valence-corrected chi connectivity index (χ4v) is 3.96. The second-order valence-electron chi connectivity index (χ2n) is 8.96. The van der Waals surface area contributed by atoms with Gasteiger partial charge in [0.05, 0.1) is 6.61 Å². The molecule has 0 radical (unpaired) electrons. The summed E-state index contributed by atoms with van der Waals surface area (Å²) in [5.41, 5.74) is -0.437. The van der Waals surface area contributed by atoms with Gasteiger partial charge in [0.25, 0.3) is 0 Å². The smallest absolute Gasteiger partial charge is 0.410 e. The van der Waals surface area contributed by atoms with Gasteiger partial charge in [-0.3, -0.25) is 4.99 Å². The van der Waals surface area contributed by atoms with Crippen LogP contribution in [-0.4, -0.2) is 80.4 Å². The number of ether oxygens (including phenoxy) is 2. The first-order valence-electron chi connectivity index (χ1n) is 10.8. The normalized spacial score (nSPS) is 23.8. The van der Waals surface area contributed by atoms with Crippen LogP contribution in [0.3, 0.4) is 0 Å². The molecule has 7 heteroatoms. The lowest BCUT2D eigenvalue weighted by atomic mass is 9.95. The Morgan fingerprint density at radius 2 is 1.89 bits per heavy atom. The summed E-state index contributed by atoms with van der Waals surface area (Å²) in [6.07, 6.45) is 4.23. The van der Waals surface area contributed by atoms with Gasteiger partial charge in [-0.05, 0) is 59.3 Å². The Morgan fingerprint density at radius 1 is 1.14 bits per heavy atom. The number of rotatable bonds is 6. The molecule has 0 aromatic rings. The molecule has 2 heterocycles. The molecule has 2 atom stereocenters. The summed E-state index contributed by atoms with van der Waals surface area (Å²) < 4.78 is 11.1. The van der Waals surface area contributed by atoms with Gasteiger partial charge in [-0.1, -0.05) is 0 Å². The highest BCUT2D eigenvalue weighted by Crippen LogP contribution is 2.22. The SMILES string of the molecule is CCOCC1CCN(C(=NC)NCCC2CCCN(C(=O)OC(C)(C)C)C2)C1. The molecule has 0 aromatic heterocycles. The molecule has 2 fully saturated rings. The molecule has 7 nitrogen and oxygen atoms in total. The second kappa shape index (κ2) is 10.9. The number of hydrogen-bond donors (Lipinski definition) is 1. The van der Waals surface area contributed by atoms with Crippen molar-refractivity contribution in [3.63, 3.8) is 0 Å². The second-order valence-corrected chi connectivity index (χ2v) is 8.96. The molecule has 1 N–H and O–H groups in total. The lowest BCUT2D eigenvalue weighted by Crippen LogP contribution is -2.44. The van der Waals surface area contributed by atoms with E-state index in [0.29, 0.717) is 11.8 Å². The molecule has 2 rings (SSSR count). The number of likely N-dealkylation sites (tertiary alicyclic amines) is 2. The van der Waals surface area contributed by atoms with Crippen molar-refractivity contribution in [2.45, 2.75) is 59.0 Å². The minimum atomic E-state index is -0.437. The number of nitrogens with one attached hydrogen (secondary N) is 1. The van der Waals surface area contributed by atoms with Gasteiger partial charge in [0.2, 0.25) is 0 Å². The zero-order chi connectivity index (χ0) is 20.6. The van der Waals surface area contributed by atoms with Gasteiger partial charge in [0, 0.05) is 52.3 Å². The maximum absolute atomic E-state index is 12.3. The van der Waals surface area contributed by atoms with Crippen LogP contribution < -0.4 is 5.32 Å². The highest BCUT2D eigenvalue weighted by molar-refractivity contribution is 5.80. The van der Waals surface area contributed by atoms with Crippen molar-refractivity contribution in [1.29, 1.82) is 0 Å². The Bertz CT molecular complexity index is 518. The van der Waals surface area contributed by atoms with Crippen LogP contribution in [-0.2, 0) is 9.47 Å². The Labute approximate surface area is 170 Å². The molecule has 0 saturated carbocycles. The Morgan fingerprint density at radius 3 is 2.57 bits per heavy atom. The van der Waals surface area contributed by atoms with Crippen molar-refractivity contribution < 1.29 is 14.3 Å². The number of hydrogen-bond acceptors (Lipinski definition) is 4. The van der Waals surface area contributed by atoms with Crippen molar-refractivity contribution in [1.82, 2.24) is 15.1 Å². The van der Waals surface area contributed by atoms with E-state index in [1.165, 1.54) is 6.42 Å². The van der Waals surface area contributed by atoms with Crippen molar-refractivity contribution in [3.05, 3.63) is 0 Å². The summed E-state index contributed by atoms with van der Waals surface area (Å²) in [6.45, 7) is 13.9. The Hall–Kier alpha value is -1.50. The van der Waals surface area contributed by atoms with E-state index in [2.05, 4.69) is 15.2 Å². The number of amides is 1. The molecule has 28 heavy (non-hydrogen) atoms. The van der Waals surface area contributed by atoms with Crippen LogP contribution >= 0.6 is 0 Å². The number of guanidine groups is 1. The lowest BCUT2D eigenvalue weighted by molar-refractivity contribution is 0.0162. The maximum Gasteiger partial charge on any atom is 0.410 e. The van der Waals surface area contributed by atoms with Crippen LogP contribution in [0.2, 0.25) is 0 Å². The van der Waals surface area contributed by atoms with Crippen LogP contribution in [0.25, 0.3) is 0 Å². The van der Waals surface area contributed by atoms with Crippen molar-refractivity contribution in [3.8, 4) is 0 Å². The number of carbonyl (C=O) groups is 1. The lowest BCUT2D eigenvalue weighted by Gasteiger charge is -2.34. The Balaban J connectivity index is 1.72. The number of nitrogens with zero attached hydrogens (tertiary/aromatic N) is 3. The predicted molar refractivity (Wildman–Crippen MR) is 113 cm³/mol. The summed E-state index contributed by atoms with van der Waals surface area (Å²) in [4.78, 5) is 21.0. The van der Waals surface area contributed by atoms with Gasteiger partial charge in [-0.15, -0.1) is 0 Å². The molecule has 1 amide bonds. The first-order valence-corrected chi connectivity index (χ1v) is 10.8. The highest BCUT2D eigenvalue weighted by atomic mass is 16.6. The molecule has 0 spiro atoms. The van der Waals surface area contributed by atoms with E-state index in [1.54, 1.807) is 0 Å². The monoisotopic (exact) mass is 396 g/mol. The third-order valence-electron chi connectivity index (χ3n) is 5.36. The van der Waals surface area contributed by atoms with E-state index in [9.17, 15) is 4.79 Å². The van der Waals surface area contributed by atoms with Crippen LogP contribution in [0.5, 0.6) is 0 Å². The topological polar surface area (TPSA) is 66.4 Å². The quantitative estimate of drug-likeness (QED) is 0.552. The van der Waals surface area contributed by atoms with Crippen molar-refractivity contribution >= 4 is 12.1 Å². The van der Waals surface area contributed by atoms with Crippen molar-refractivity contribution in [2.75, 3.05) is 53.0 Å².